The molecule has 0 saturated carbocycles. The highest BCUT2D eigenvalue weighted by atomic mass is 32.1. The molecule has 0 radical (unpaired) electrons. The van der Waals surface area contributed by atoms with Crippen molar-refractivity contribution in [2.75, 3.05) is 13.2 Å². The highest BCUT2D eigenvalue weighted by Crippen LogP contribution is 2.10. The summed E-state index contributed by atoms with van der Waals surface area (Å²) in [7, 11) is 0. The van der Waals surface area contributed by atoms with E-state index in [1.54, 1.807) is 13.8 Å². The summed E-state index contributed by atoms with van der Waals surface area (Å²) in [6.07, 6.45) is 2.08. The second-order valence-electron chi connectivity index (χ2n) is 3.62. The lowest BCUT2D eigenvalue weighted by Gasteiger charge is -2.16. The standard InChI is InChI=1S/C5H12O2.C4H8S2/c1-5(2,3-6)4-7;1-2-3-4(5)6/h6-7H,3-4H2,1-2H3;2-3H2,1H3,(H,5,6). The fraction of sp³-hybridized carbons (Fsp3) is 0.889. The first-order valence-electron chi connectivity index (χ1n) is 4.33. The van der Waals surface area contributed by atoms with Crippen LogP contribution in [0, 0.1) is 5.41 Å². The van der Waals surface area contributed by atoms with Crippen LogP contribution in [-0.2, 0) is 0 Å². The molecule has 0 amide bonds. The summed E-state index contributed by atoms with van der Waals surface area (Å²) in [6.45, 7) is 5.77. The molecule has 0 aromatic carbocycles. The maximum absolute atomic E-state index is 8.43. The summed E-state index contributed by atoms with van der Waals surface area (Å²) >= 11 is 8.57. The van der Waals surface area contributed by atoms with E-state index in [0.717, 1.165) is 17.0 Å². The molecule has 13 heavy (non-hydrogen) atoms. The molecule has 4 heteroatoms. The lowest BCUT2D eigenvalue weighted by atomic mass is 9.97. The van der Waals surface area contributed by atoms with E-state index in [0.29, 0.717) is 0 Å². The van der Waals surface area contributed by atoms with E-state index in [4.69, 9.17) is 10.2 Å². The van der Waals surface area contributed by atoms with Crippen LogP contribution >= 0.6 is 24.8 Å². The number of aliphatic hydroxyl groups is 2. The van der Waals surface area contributed by atoms with Crippen LogP contribution in [0.15, 0.2) is 0 Å². The van der Waals surface area contributed by atoms with Gasteiger partial charge >= 0.3 is 0 Å². The zero-order chi connectivity index (χ0) is 10.9. The third kappa shape index (κ3) is 15.1. The summed E-state index contributed by atoms with van der Waals surface area (Å²) in [4.78, 5) is 0. The number of aliphatic hydroxyl groups excluding tert-OH is 2. The minimum atomic E-state index is -0.306. The third-order valence-corrected chi connectivity index (χ3v) is 1.75. The van der Waals surface area contributed by atoms with E-state index >= 15 is 0 Å². The topological polar surface area (TPSA) is 40.5 Å². The van der Waals surface area contributed by atoms with Crippen LogP contribution in [0.3, 0.4) is 0 Å². The van der Waals surface area contributed by atoms with Crippen LogP contribution < -0.4 is 0 Å². The first-order valence-corrected chi connectivity index (χ1v) is 5.18. The molecule has 0 atom stereocenters. The van der Waals surface area contributed by atoms with Gasteiger partial charge in [0.2, 0.25) is 0 Å². The Morgan fingerprint density at radius 1 is 1.31 bits per heavy atom. The lowest BCUT2D eigenvalue weighted by Crippen LogP contribution is -2.20. The Morgan fingerprint density at radius 2 is 1.69 bits per heavy atom. The Balaban J connectivity index is 0. The molecule has 2 nitrogen and oxygen atoms in total. The molecule has 0 heterocycles. The Bertz CT molecular complexity index is 130. The molecular weight excluding hydrogens is 204 g/mol. The van der Waals surface area contributed by atoms with E-state index in [1.807, 2.05) is 0 Å². The lowest BCUT2D eigenvalue weighted by molar-refractivity contribution is 0.0857. The van der Waals surface area contributed by atoms with Crippen LogP contribution in [0.1, 0.15) is 33.6 Å². The molecule has 0 saturated heterocycles. The summed E-state index contributed by atoms with van der Waals surface area (Å²) in [5.41, 5.74) is -0.306. The molecular formula is C9H20O2S2. The van der Waals surface area contributed by atoms with Crippen molar-refractivity contribution in [3.8, 4) is 0 Å². The van der Waals surface area contributed by atoms with Gasteiger partial charge in [0.05, 0.1) is 13.2 Å². The SMILES string of the molecule is CC(C)(CO)CO.CCCC(=S)S. The molecule has 0 aliphatic rings. The monoisotopic (exact) mass is 224 g/mol. The van der Waals surface area contributed by atoms with E-state index in [-0.39, 0.29) is 18.6 Å². The van der Waals surface area contributed by atoms with Crippen LogP contribution in [-0.4, -0.2) is 27.6 Å². The molecule has 0 spiro atoms. The van der Waals surface area contributed by atoms with Gasteiger partial charge in [-0.15, -0.1) is 12.6 Å². The number of thiocarbonyl (C=S) groups is 1. The Kier molecular flexibility index (Phi) is 10.9. The van der Waals surface area contributed by atoms with Gasteiger partial charge in [-0.1, -0.05) is 39.4 Å². The van der Waals surface area contributed by atoms with Crippen LogP contribution in [0.4, 0.5) is 0 Å². The molecule has 2 N–H and O–H groups in total. The molecule has 0 fully saturated rings. The van der Waals surface area contributed by atoms with Gasteiger partial charge in [0.25, 0.3) is 0 Å². The zero-order valence-corrected chi connectivity index (χ0v) is 10.3. The fourth-order valence-electron chi connectivity index (χ4n) is 0.264. The predicted molar refractivity (Wildman–Crippen MR) is 64.4 cm³/mol. The Morgan fingerprint density at radius 3 is 1.69 bits per heavy atom. The average molecular weight is 224 g/mol. The van der Waals surface area contributed by atoms with Crippen molar-refractivity contribution in [1.29, 1.82) is 0 Å². The second-order valence-corrected chi connectivity index (χ2v) is 4.96. The maximum Gasteiger partial charge on any atom is 0.0504 e. The summed E-state index contributed by atoms with van der Waals surface area (Å²) < 4.78 is 0.817. The van der Waals surface area contributed by atoms with Gasteiger partial charge in [0, 0.05) is 9.61 Å². The third-order valence-electron chi connectivity index (χ3n) is 1.32. The van der Waals surface area contributed by atoms with Crippen LogP contribution in [0.25, 0.3) is 0 Å². The molecule has 0 unspecified atom stereocenters. The van der Waals surface area contributed by atoms with Crippen molar-refractivity contribution in [2.24, 2.45) is 5.41 Å². The number of hydrogen-bond acceptors (Lipinski definition) is 3. The quantitative estimate of drug-likeness (QED) is 0.505. The van der Waals surface area contributed by atoms with E-state index < -0.39 is 0 Å². The number of hydrogen-bond donors (Lipinski definition) is 3. The molecule has 0 bridgehead atoms. The van der Waals surface area contributed by atoms with Crippen molar-refractivity contribution in [1.82, 2.24) is 0 Å². The van der Waals surface area contributed by atoms with Crippen LogP contribution in [0.2, 0.25) is 0 Å². The normalized spacial score (nSPS) is 10.3. The Hall–Kier alpha value is 0.360. The molecule has 0 aliphatic heterocycles. The van der Waals surface area contributed by atoms with Gasteiger partial charge in [-0.2, -0.15) is 0 Å². The van der Waals surface area contributed by atoms with Crippen molar-refractivity contribution in [3.05, 3.63) is 0 Å². The number of thiol groups is 1. The van der Waals surface area contributed by atoms with Crippen molar-refractivity contribution >= 4 is 29.0 Å². The molecule has 0 aromatic heterocycles. The predicted octanol–water partition coefficient (Wildman–Crippen LogP) is 2.04. The smallest absolute Gasteiger partial charge is 0.0504 e. The van der Waals surface area contributed by atoms with Crippen LogP contribution in [0.5, 0.6) is 0 Å². The Labute approximate surface area is 91.8 Å². The molecule has 0 rings (SSSR count). The summed E-state index contributed by atoms with van der Waals surface area (Å²) in [5, 5.41) is 16.9. The van der Waals surface area contributed by atoms with Crippen molar-refractivity contribution in [3.63, 3.8) is 0 Å². The van der Waals surface area contributed by atoms with Gasteiger partial charge in [-0.3, -0.25) is 0 Å². The zero-order valence-electron chi connectivity index (χ0n) is 8.58. The average Bonchev–Trinajstić information content (AvgIpc) is 2.05. The highest BCUT2D eigenvalue weighted by molar-refractivity contribution is 8.11. The van der Waals surface area contributed by atoms with Gasteiger partial charge in [-0.05, 0) is 6.42 Å². The second kappa shape index (κ2) is 8.94. The summed E-state index contributed by atoms with van der Waals surface area (Å²) in [6, 6.07) is 0. The van der Waals surface area contributed by atoms with E-state index in [2.05, 4.69) is 31.8 Å². The molecule has 80 valence electrons. The first kappa shape index (κ1) is 15.8. The van der Waals surface area contributed by atoms with E-state index in [9.17, 15) is 0 Å². The van der Waals surface area contributed by atoms with Gasteiger partial charge < -0.3 is 10.2 Å². The van der Waals surface area contributed by atoms with Crippen molar-refractivity contribution in [2.45, 2.75) is 33.6 Å². The fourth-order valence-corrected chi connectivity index (χ4v) is 0.692. The molecule has 0 aromatic rings. The van der Waals surface area contributed by atoms with E-state index in [1.165, 1.54) is 0 Å². The van der Waals surface area contributed by atoms with Gasteiger partial charge in [0.15, 0.2) is 0 Å². The largest absolute Gasteiger partial charge is 0.396 e. The van der Waals surface area contributed by atoms with Crippen molar-refractivity contribution < 1.29 is 10.2 Å². The minimum absolute atomic E-state index is 0.0451. The first-order chi connectivity index (χ1) is 5.89. The maximum atomic E-state index is 8.43. The summed E-state index contributed by atoms with van der Waals surface area (Å²) in [5.74, 6) is 0. The minimum Gasteiger partial charge on any atom is -0.396 e. The van der Waals surface area contributed by atoms with Gasteiger partial charge in [-0.25, -0.2) is 0 Å². The number of rotatable bonds is 4. The van der Waals surface area contributed by atoms with Gasteiger partial charge in [0.1, 0.15) is 0 Å². The molecule has 0 aliphatic carbocycles. The highest BCUT2D eigenvalue weighted by Gasteiger charge is 2.13.